The van der Waals surface area contributed by atoms with E-state index in [1.54, 1.807) is 0 Å². The first-order valence-electron chi connectivity index (χ1n) is 6.47. The Hall–Kier alpha value is -0.130. The first-order valence-corrected chi connectivity index (χ1v) is 8.28. The molecule has 0 amide bonds. The SMILES string of the molecule is CC(C)N1CCC(CCCOS(C)(=O)=O)CC1. The average molecular weight is 263 g/mol. The van der Waals surface area contributed by atoms with Gasteiger partial charge >= 0.3 is 0 Å². The predicted molar refractivity (Wildman–Crippen MR) is 69.5 cm³/mol. The molecule has 102 valence electrons. The molecule has 0 spiro atoms. The number of nitrogens with zero attached hydrogens (tertiary/aromatic N) is 1. The standard InChI is InChI=1S/C12H25NO3S/c1-11(2)13-8-6-12(7-9-13)5-4-10-16-17(3,14)15/h11-12H,4-10H2,1-3H3. The molecule has 1 saturated heterocycles. The third-order valence-corrected chi connectivity index (χ3v) is 4.03. The van der Waals surface area contributed by atoms with Gasteiger partial charge in [-0.3, -0.25) is 4.18 Å². The van der Waals surface area contributed by atoms with E-state index in [1.165, 1.54) is 25.9 Å². The van der Waals surface area contributed by atoms with Crippen molar-refractivity contribution in [3.8, 4) is 0 Å². The maximum Gasteiger partial charge on any atom is 0.264 e. The molecule has 1 aliphatic rings. The second-order valence-corrected chi connectivity index (χ2v) is 6.89. The molecule has 1 rings (SSSR count). The first-order chi connectivity index (χ1) is 7.88. The molecule has 4 nitrogen and oxygen atoms in total. The van der Waals surface area contributed by atoms with E-state index in [9.17, 15) is 8.42 Å². The highest BCUT2D eigenvalue weighted by molar-refractivity contribution is 7.85. The molecule has 1 fully saturated rings. The number of piperidine rings is 1. The fourth-order valence-electron chi connectivity index (χ4n) is 2.34. The minimum absolute atomic E-state index is 0.337. The van der Waals surface area contributed by atoms with Crippen molar-refractivity contribution < 1.29 is 12.6 Å². The molecule has 0 N–H and O–H groups in total. The lowest BCUT2D eigenvalue weighted by Gasteiger charge is -2.34. The molecule has 0 unspecified atom stereocenters. The Morgan fingerprint density at radius 2 is 1.88 bits per heavy atom. The van der Waals surface area contributed by atoms with Gasteiger partial charge in [-0.05, 0) is 58.5 Å². The van der Waals surface area contributed by atoms with Crippen LogP contribution in [0.1, 0.15) is 39.5 Å². The van der Waals surface area contributed by atoms with Crippen LogP contribution < -0.4 is 0 Å². The zero-order valence-corrected chi connectivity index (χ0v) is 12.0. The molecule has 0 aromatic heterocycles. The molecular formula is C12H25NO3S. The summed E-state index contributed by atoms with van der Waals surface area (Å²) >= 11 is 0. The molecule has 0 radical (unpaired) electrons. The molecule has 5 heteroatoms. The molecule has 0 atom stereocenters. The quantitative estimate of drug-likeness (QED) is 0.542. The topological polar surface area (TPSA) is 46.6 Å². The van der Waals surface area contributed by atoms with Crippen molar-refractivity contribution in [1.29, 1.82) is 0 Å². The number of likely N-dealkylation sites (tertiary alicyclic amines) is 1. The van der Waals surface area contributed by atoms with E-state index < -0.39 is 10.1 Å². The molecule has 0 bridgehead atoms. The van der Waals surface area contributed by atoms with Crippen molar-refractivity contribution >= 4 is 10.1 Å². The highest BCUT2D eigenvalue weighted by atomic mass is 32.2. The molecule has 1 aliphatic heterocycles. The summed E-state index contributed by atoms with van der Waals surface area (Å²) in [5, 5.41) is 0. The van der Waals surface area contributed by atoms with Crippen molar-refractivity contribution in [2.45, 2.75) is 45.6 Å². The summed E-state index contributed by atoms with van der Waals surface area (Å²) in [7, 11) is -3.26. The highest BCUT2D eigenvalue weighted by Gasteiger charge is 2.20. The minimum Gasteiger partial charge on any atom is -0.301 e. The Kier molecular flexibility index (Phi) is 5.89. The zero-order valence-electron chi connectivity index (χ0n) is 11.2. The summed E-state index contributed by atoms with van der Waals surface area (Å²) in [4.78, 5) is 2.50. The summed E-state index contributed by atoms with van der Waals surface area (Å²) in [6.07, 6.45) is 5.50. The van der Waals surface area contributed by atoms with Crippen LogP contribution in [-0.2, 0) is 14.3 Å². The molecule has 1 heterocycles. The lowest BCUT2D eigenvalue weighted by molar-refractivity contribution is 0.142. The third-order valence-electron chi connectivity index (χ3n) is 3.43. The van der Waals surface area contributed by atoms with Gasteiger partial charge in [0.25, 0.3) is 10.1 Å². The number of hydrogen-bond acceptors (Lipinski definition) is 4. The van der Waals surface area contributed by atoms with Gasteiger partial charge in [0.05, 0.1) is 12.9 Å². The van der Waals surface area contributed by atoms with Crippen LogP contribution in [-0.4, -0.2) is 45.3 Å². The zero-order chi connectivity index (χ0) is 12.9. The Morgan fingerprint density at radius 3 is 2.35 bits per heavy atom. The number of hydrogen-bond donors (Lipinski definition) is 0. The molecule has 0 aromatic rings. The summed E-state index contributed by atoms with van der Waals surface area (Å²) < 4.78 is 26.3. The lowest BCUT2D eigenvalue weighted by atomic mass is 9.92. The van der Waals surface area contributed by atoms with Crippen LogP contribution in [0.4, 0.5) is 0 Å². The van der Waals surface area contributed by atoms with Crippen LogP contribution in [0.15, 0.2) is 0 Å². The van der Waals surface area contributed by atoms with Crippen LogP contribution in [0, 0.1) is 5.92 Å². The van der Waals surface area contributed by atoms with E-state index >= 15 is 0 Å². The van der Waals surface area contributed by atoms with Gasteiger partial charge < -0.3 is 4.90 Å². The van der Waals surface area contributed by atoms with Gasteiger partial charge in [-0.25, -0.2) is 0 Å². The average Bonchev–Trinajstić information content (AvgIpc) is 2.24. The second-order valence-electron chi connectivity index (χ2n) is 5.24. The largest absolute Gasteiger partial charge is 0.301 e. The van der Waals surface area contributed by atoms with Gasteiger partial charge in [-0.2, -0.15) is 8.42 Å². The maximum absolute atomic E-state index is 10.8. The van der Waals surface area contributed by atoms with E-state index in [4.69, 9.17) is 4.18 Å². The van der Waals surface area contributed by atoms with E-state index in [0.717, 1.165) is 25.0 Å². The molecule has 0 saturated carbocycles. The fourth-order valence-corrected chi connectivity index (χ4v) is 2.76. The fraction of sp³-hybridized carbons (Fsp3) is 1.00. The molecule has 0 aliphatic carbocycles. The second kappa shape index (κ2) is 6.71. The van der Waals surface area contributed by atoms with Gasteiger partial charge in [-0.15, -0.1) is 0 Å². The minimum atomic E-state index is -3.26. The van der Waals surface area contributed by atoms with Crippen LogP contribution in [0.3, 0.4) is 0 Å². The van der Waals surface area contributed by atoms with Gasteiger partial charge in [-0.1, -0.05) is 0 Å². The predicted octanol–water partition coefficient (Wildman–Crippen LogP) is 1.86. The summed E-state index contributed by atoms with van der Waals surface area (Å²) in [6.45, 7) is 7.16. The Balaban J connectivity index is 2.10. The van der Waals surface area contributed by atoms with Crippen molar-refractivity contribution in [3.63, 3.8) is 0 Å². The maximum atomic E-state index is 10.8. The van der Waals surface area contributed by atoms with Gasteiger partial charge in [0.1, 0.15) is 0 Å². The Bertz CT molecular complexity index is 306. The number of rotatable bonds is 6. The van der Waals surface area contributed by atoms with E-state index in [0.29, 0.717) is 12.6 Å². The monoisotopic (exact) mass is 263 g/mol. The highest BCUT2D eigenvalue weighted by Crippen LogP contribution is 2.22. The molecular weight excluding hydrogens is 238 g/mol. The van der Waals surface area contributed by atoms with Crippen molar-refractivity contribution in [2.75, 3.05) is 26.0 Å². The van der Waals surface area contributed by atoms with Gasteiger partial charge in [0.15, 0.2) is 0 Å². The van der Waals surface area contributed by atoms with E-state index in [2.05, 4.69) is 18.7 Å². The lowest BCUT2D eigenvalue weighted by Crippen LogP contribution is -2.38. The van der Waals surface area contributed by atoms with E-state index in [-0.39, 0.29) is 0 Å². The van der Waals surface area contributed by atoms with E-state index in [1.807, 2.05) is 0 Å². The summed E-state index contributed by atoms with van der Waals surface area (Å²) in [5.74, 6) is 0.744. The van der Waals surface area contributed by atoms with Crippen molar-refractivity contribution in [2.24, 2.45) is 5.92 Å². The van der Waals surface area contributed by atoms with Crippen LogP contribution in [0.5, 0.6) is 0 Å². The van der Waals surface area contributed by atoms with Gasteiger partial charge in [0, 0.05) is 6.04 Å². The van der Waals surface area contributed by atoms with Gasteiger partial charge in [0.2, 0.25) is 0 Å². The Labute approximate surface area is 105 Å². The smallest absolute Gasteiger partial charge is 0.264 e. The van der Waals surface area contributed by atoms with Crippen LogP contribution >= 0.6 is 0 Å². The summed E-state index contributed by atoms with van der Waals surface area (Å²) in [5.41, 5.74) is 0. The van der Waals surface area contributed by atoms with Crippen LogP contribution in [0.2, 0.25) is 0 Å². The third kappa shape index (κ3) is 6.38. The molecule has 17 heavy (non-hydrogen) atoms. The van der Waals surface area contributed by atoms with Crippen molar-refractivity contribution in [1.82, 2.24) is 4.90 Å². The molecule has 0 aromatic carbocycles. The van der Waals surface area contributed by atoms with Crippen LogP contribution in [0.25, 0.3) is 0 Å². The Morgan fingerprint density at radius 1 is 1.29 bits per heavy atom. The first kappa shape index (κ1) is 14.9. The normalized spacial score (nSPS) is 20.0. The summed E-state index contributed by atoms with van der Waals surface area (Å²) in [6, 6.07) is 0.643. The van der Waals surface area contributed by atoms with Crippen molar-refractivity contribution in [3.05, 3.63) is 0 Å².